The van der Waals surface area contributed by atoms with Gasteiger partial charge in [0.1, 0.15) is 5.60 Å². The van der Waals surface area contributed by atoms with Crippen LogP contribution in [-0.4, -0.2) is 29.0 Å². The summed E-state index contributed by atoms with van der Waals surface area (Å²) in [6.45, 7) is 5.77. The maximum Gasteiger partial charge on any atom is 0.408 e. The molecule has 1 saturated carbocycles. The SMILES string of the molecule is CC(C)(C)OC(=O)N[C@@]1(CNO)C[C@@H]1c1ccccc1. The van der Waals surface area contributed by atoms with Crippen molar-refractivity contribution in [1.82, 2.24) is 10.8 Å². The number of alkyl carbamates (subject to hydrolysis) is 1. The van der Waals surface area contributed by atoms with Gasteiger partial charge in [0.15, 0.2) is 0 Å². The molecule has 0 aliphatic heterocycles. The zero-order valence-electron chi connectivity index (χ0n) is 12.1. The second-order valence-electron chi connectivity index (χ2n) is 6.29. The van der Waals surface area contributed by atoms with E-state index in [1.165, 1.54) is 0 Å². The zero-order valence-corrected chi connectivity index (χ0v) is 12.1. The lowest BCUT2D eigenvalue weighted by Crippen LogP contribution is -2.46. The van der Waals surface area contributed by atoms with Gasteiger partial charge in [0.05, 0.1) is 5.54 Å². The molecule has 1 amide bonds. The third-order valence-electron chi connectivity index (χ3n) is 3.42. The molecule has 5 nitrogen and oxygen atoms in total. The molecule has 0 saturated heterocycles. The number of nitrogens with one attached hydrogen (secondary N) is 2. The van der Waals surface area contributed by atoms with Gasteiger partial charge in [0.25, 0.3) is 0 Å². The van der Waals surface area contributed by atoms with Gasteiger partial charge in [-0.1, -0.05) is 30.3 Å². The van der Waals surface area contributed by atoms with Crippen LogP contribution in [0.25, 0.3) is 0 Å². The smallest absolute Gasteiger partial charge is 0.408 e. The van der Waals surface area contributed by atoms with E-state index >= 15 is 0 Å². The first-order valence-corrected chi connectivity index (χ1v) is 6.79. The first kappa shape index (κ1) is 14.8. The summed E-state index contributed by atoms with van der Waals surface area (Å²) in [6.07, 6.45) is 0.329. The van der Waals surface area contributed by atoms with Crippen molar-refractivity contribution in [1.29, 1.82) is 0 Å². The largest absolute Gasteiger partial charge is 0.444 e. The fraction of sp³-hybridized carbons (Fsp3) is 0.533. The molecule has 0 heterocycles. The highest BCUT2D eigenvalue weighted by atomic mass is 16.6. The number of carbonyl (C=O) groups is 1. The molecular weight excluding hydrogens is 256 g/mol. The number of hydrogen-bond acceptors (Lipinski definition) is 4. The van der Waals surface area contributed by atoms with Crippen LogP contribution in [0, 0.1) is 0 Å². The van der Waals surface area contributed by atoms with E-state index < -0.39 is 17.2 Å². The van der Waals surface area contributed by atoms with Crippen molar-refractivity contribution in [3.8, 4) is 0 Å². The molecule has 0 unspecified atom stereocenters. The maximum absolute atomic E-state index is 11.9. The first-order valence-electron chi connectivity index (χ1n) is 6.79. The minimum Gasteiger partial charge on any atom is -0.444 e. The van der Waals surface area contributed by atoms with Gasteiger partial charge in [-0.05, 0) is 32.8 Å². The van der Waals surface area contributed by atoms with E-state index in [1.807, 2.05) is 51.1 Å². The monoisotopic (exact) mass is 278 g/mol. The second-order valence-corrected chi connectivity index (χ2v) is 6.29. The fourth-order valence-corrected chi connectivity index (χ4v) is 2.45. The molecule has 1 fully saturated rings. The minimum atomic E-state index is -0.533. The van der Waals surface area contributed by atoms with Crippen LogP contribution >= 0.6 is 0 Å². The van der Waals surface area contributed by atoms with Crippen molar-refractivity contribution in [2.24, 2.45) is 0 Å². The van der Waals surface area contributed by atoms with Crippen LogP contribution in [0.15, 0.2) is 30.3 Å². The highest BCUT2D eigenvalue weighted by molar-refractivity contribution is 5.70. The Labute approximate surface area is 119 Å². The molecule has 1 aromatic carbocycles. The van der Waals surface area contributed by atoms with E-state index in [1.54, 1.807) is 0 Å². The molecule has 2 atom stereocenters. The summed E-state index contributed by atoms with van der Waals surface area (Å²) in [5, 5.41) is 11.9. The van der Waals surface area contributed by atoms with Crippen molar-refractivity contribution in [2.75, 3.05) is 6.54 Å². The number of rotatable bonds is 4. The Morgan fingerprint density at radius 3 is 2.60 bits per heavy atom. The van der Waals surface area contributed by atoms with Crippen LogP contribution < -0.4 is 10.8 Å². The first-order chi connectivity index (χ1) is 9.36. The van der Waals surface area contributed by atoms with Gasteiger partial charge in [0.2, 0.25) is 0 Å². The third-order valence-corrected chi connectivity index (χ3v) is 3.42. The summed E-state index contributed by atoms with van der Waals surface area (Å²) in [4.78, 5) is 11.9. The lowest BCUT2D eigenvalue weighted by atomic mass is 10.1. The molecule has 110 valence electrons. The van der Waals surface area contributed by atoms with Crippen LogP contribution in [0.1, 0.15) is 38.7 Å². The molecule has 0 radical (unpaired) electrons. The molecular formula is C15H22N2O3. The van der Waals surface area contributed by atoms with Crippen LogP contribution in [0.3, 0.4) is 0 Å². The van der Waals surface area contributed by atoms with E-state index in [-0.39, 0.29) is 5.92 Å². The zero-order chi connectivity index (χ0) is 14.8. The molecule has 1 aliphatic rings. The van der Waals surface area contributed by atoms with Gasteiger partial charge in [0, 0.05) is 12.5 Å². The highest BCUT2D eigenvalue weighted by Gasteiger charge is 2.56. The molecule has 3 N–H and O–H groups in total. The average molecular weight is 278 g/mol. The minimum absolute atomic E-state index is 0.191. The van der Waals surface area contributed by atoms with Crippen LogP contribution in [0.4, 0.5) is 4.79 Å². The predicted octanol–water partition coefficient (Wildman–Crippen LogP) is 2.42. The quantitative estimate of drug-likeness (QED) is 0.740. The molecule has 0 bridgehead atoms. The number of hydrogen-bond donors (Lipinski definition) is 3. The van der Waals surface area contributed by atoms with Crippen molar-refractivity contribution in [2.45, 2.75) is 44.2 Å². The maximum atomic E-state index is 11.9. The summed E-state index contributed by atoms with van der Waals surface area (Å²) < 4.78 is 5.28. The normalized spacial score (nSPS) is 25.1. The summed E-state index contributed by atoms with van der Waals surface area (Å²) >= 11 is 0. The Hall–Kier alpha value is -1.59. The summed E-state index contributed by atoms with van der Waals surface area (Å²) in [6, 6.07) is 9.96. The summed E-state index contributed by atoms with van der Waals surface area (Å²) in [5.74, 6) is 0.191. The number of ether oxygens (including phenoxy) is 1. The Morgan fingerprint density at radius 1 is 1.40 bits per heavy atom. The van der Waals surface area contributed by atoms with Crippen LogP contribution in [0.2, 0.25) is 0 Å². The molecule has 0 spiro atoms. The average Bonchev–Trinajstić information content (AvgIpc) is 3.02. The number of benzene rings is 1. The topological polar surface area (TPSA) is 70.6 Å². The van der Waals surface area contributed by atoms with E-state index in [9.17, 15) is 4.79 Å². The Kier molecular flexibility index (Phi) is 4.01. The lowest BCUT2D eigenvalue weighted by molar-refractivity contribution is 0.0476. The van der Waals surface area contributed by atoms with Gasteiger partial charge in [-0.3, -0.25) is 0 Å². The van der Waals surface area contributed by atoms with Crippen LogP contribution in [0.5, 0.6) is 0 Å². The Balaban J connectivity index is 2.04. The second kappa shape index (κ2) is 5.42. The van der Waals surface area contributed by atoms with Crippen molar-refractivity contribution in [3.63, 3.8) is 0 Å². The Morgan fingerprint density at radius 2 is 2.05 bits per heavy atom. The number of hydroxylamine groups is 1. The van der Waals surface area contributed by atoms with E-state index in [4.69, 9.17) is 9.94 Å². The molecule has 1 aromatic rings. The van der Waals surface area contributed by atoms with Crippen molar-refractivity contribution >= 4 is 6.09 Å². The fourth-order valence-electron chi connectivity index (χ4n) is 2.45. The highest BCUT2D eigenvalue weighted by Crippen LogP contribution is 2.51. The standard InChI is InChI=1S/C15H22N2O3/c1-14(2,3)20-13(18)17-15(10-16-19)9-12(15)11-7-5-4-6-8-11/h4-8,12,16,19H,9-10H2,1-3H3,(H,17,18)/t12-,15-/m1/s1. The number of amides is 1. The number of carbonyl (C=O) groups excluding carboxylic acids is 1. The lowest BCUT2D eigenvalue weighted by Gasteiger charge is -2.24. The van der Waals surface area contributed by atoms with Crippen molar-refractivity contribution < 1.29 is 14.7 Å². The van der Waals surface area contributed by atoms with Crippen molar-refractivity contribution in [3.05, 3.63) is 35.9 Å². The van der Waals surface area contributed by atoms with Crippen LogP contribution in [-0.2, 0) is 4.74 Å². The van der Waals surface area contributed by atoms with E-state index in [0.29, 0.717) is 6.54 Å². The van der Waals surface area contributed by atoms with Gasteiger partial charge in [-0.25, -0.2) is 10.3 Å². The summed E-state index contributed by atoms with van der Waals surface area (Å²) in [5.41, 5.74) is 2.31. The molecule has 1 aliphatic carbocycles. The summed E-state index contributed by atoms with van der Waals surface area (Å²) in [7, 11) is 0. The van der Waals surface area contributed by atoms with Gasteiger partial charge in [-0.15, -0.1) is 0 Å². The molecule has 0 aromatic heterocycles. The Bertz CT molecular complexity index is 470. The predicted molar refractivity (Wildman–Crippen MR) is 75.7 cm³/mol. The van der Waals surface area contributed by atoms with Gasteiger partial charge < -0.3 is 15.3 Å². The molecule has 5 heteroatoms. The molecule has 2 rings (SSSR count). The molecule has 20 heavy (non-hydrogen) atoms. The third kappa shape index (κ3) is 3.49. The van der Waals surface area contributed by atoms with Gasteiger partial charge >= 0.3 is 6.09 Å². The van der Waals surface area contributed by atoms with E-state index in [0.717, 1.165) is 12.0 Å². The van der Waals surface area contributed by atoms with Gasteiger partial charge in [-0.2, -0.15) is 0 Å². The van der Waals surface area contributed by atoms with E-state index in [2.05, 4.69) is 10.8 Å².